The zero-order valence-electron chi connectivity index (χ0n) is 18.0. The minimum atomic E-state index is -0.516. The number of morpholine rings is 1. The van der Waals surface area contributed by atoms with E-state index in [2.05, 4.69) is 15.6 Å². The molecule has 0 saturated carbocycles. The number of nitrogens with zero attached hydrogens (tertiary/aromatic N) is 3. The molecule has 2 aromatic carbocycles. The number of amides is 2. The fourth-order valence-corrected chi connectivity index (χ4v) is 4.48. The summed E-state index contributed by atoms with van der Waals surface area (Å²) in [5, 5.41) is 17.4. The maximum Gasteiger partial charge on any atom is 0.270 e. The number of nitro groups is 1. The second-order valence-electron chi connectivity index (χ2n) is 7.51. The van der Waals surface area contributed by atoms with E-state index in [4.69, 9.17) is 4.74 Å². The van der Waals surface area contributed by atoms with Gasteiger partial charge >= 0.3 is 0 Å². The Labute approximate surface area is 193 Å². The summed E-state index contributed by atoms with van der Waals surface area (Å²) in [6.07, 6.45) is 1.17. The molecule has 1 aliphatic heterocycles. The van der Waals surface area contributed by atoms with E-state index in [1.165, 1.54) is 23.5 Å². The number of thiazole rings is 1. The van der Waals surface area contributed by atoms with E-state index in [1.807, 2.05) is 11.8 Å². The first-order valence-electron chi connectivity index (χ1n) is 10.6. The normalized spacial score (nSPS) is 13.7. The molecule has 4 rings (SSSR count). The van der Waals surface area contributed by atoms with Gasteiger partial charge in [0.05, 0.1) is 39.6 Å². The number of hydrogen-bond acceptors (Lipinski definition) is 8. The van der Waals surface area contributed by atoms with Gasteiger partial charge in [0, 0.05) is 37.3 Å². The van der Waals surface area contributed by atoms with Crippen molar-refractivity contribution in [3.05, 3.63) is 52.1 Å². The zero-order valence-corrected chi connectivity index (χ0v) is 18.8. The number of aromatic nitrogens is 1. The number of anilines is 3. The number of carbonyl (C=O) groups is 2. The molecule has 1 aromatic heterocycles. The lowest BCUT2D eigenvalue weighted by Gasteiger charge is -2.30. The summed E-state index contributed by atoms with van der Waals surface area (Å²) in [6.45, 7) is 4.17. The highest BCUT2D eigenvalue weighted by Gasteiger charge is 2.22. The van der Waals surface area contributed by atoms with Gasteiger partial charge in [-0.05, 0) is 30.7 Å². The molecule has 172 valence electrons. The van der Waals surface area contributed by atoms with Crippen LogP contribution in [0, 0.1) is 10.1 Å². The molecule has 0 aliphatic carbocycles. The molecular weight excluding hydrogens is 446 g/mol. The van der Waals surface area contributed by atoms with Gasteiger partial charge in [-0.2, -0.15) is 0 Å². The van der Waals surface area contributed by atoms with Crippen LogP contribution in [0.25, 0.3) is 10.2 Å². The third-order valence-corrected chi connectivity index (χ3v) is 6.09. The van der Waals surface area contributed by atoms with Gasteiger partial charge in [-0.3, -0.25) is 19.7 Å². The molecule has 1 fully saturated rings. The molecule has 2 amide bonds. The minimum Gasteiger partial charge on any atom is -0.378 e. The first kappa shape index (κ1) is 22.6. The van der Waals surface area contributed by atoms with Crippen molar-refractivity contribution in [2.45, 2.75) is 19.8 Å². The number of non-ortho nitro benzene ring substituents is 1. The van der Waals surface area contributed by atoms with Crippen LogP contribution in [0.4, 0.5) is 22.2 Å². The average Bonchev–Trinajstić information content (AvgIpc) is 3.20. The van der Waals surface area contributed by atoms with Crippen molar-refractivity contribution in [2.24, 2.45) is 0 Å². The molecule has 0 spiro atoms. The van der Waals surface area contributed by atoms with Crippen LogP contribution >= 0.6 is 11.3 Å². The van der Waals surface area contributed by atoms with Crippen LogP contribution in [-0.4, -0.2) is 48.0 Å². The van der Waals surface area contributed by atoms with Crippen LogP contribution in [0.3, 0.4) is 0 Å². The SMILES string of the molecule is CCCC(=O)Nc1nc2ccc(NC(=O)c3cc([N+](=O)[O-])ccc3N3CCOCC3)cc2s1. The zero-order chi connectivity index (χ0) is 23.4. The van der Waals surface area contributed by atoms with E-state index in [-0.39, 0.29) is 17.2 Å². The number of rotatable bonds is 7. The lowest BCUT2D eigenvalue weighted by molar-refractivity contribution is -0.384. The Kier molecular flexibility index (Phi) is 6.80. The Morgan fingerprint density at radius 3 is 2.70 bits per heavy atom. The Morgan fingerprint density at radius 2 is 1.97 bits per heavy atom. The van der Waals surface area contributed by atoms with Gasteiger partial charge in [0.1, 0.15) is 0 Å². The summed E-state index contributed by atoms with van der Waals surface area (Å²) in [4.78, 5) is 42.1. The molecule has 2 heterocycles. The smallest absolute Gasteiger partial charge is 0.270 e. The largest absolute Gasteiger partial charge is 0.378 e. The molecule has 1 aliphatic rings. The molecule has 3 aromatic rings. The first-order chi connectivity index (χ1) is 15.9. The lowest BCUT2D eigenvalue weighted by Crippen LogP contribution is -2.37. The Hall–Kier alpha value is -3.57. The van der Waals surface area contributed by atoms with E-state index in [1.54, 1.807) is 24.3 Å². The number of ether oxygens (including phenoxy) is 1. The van der Waals surface area contributed by atoms with Crippen LogP contribution in [0.15, 0.2) is 36.4 Å². The van der Waals surface area contributed by atoms with Crippen molar-refractivity contribution in [3.63, 3.8) is 0 Å². The fraction of sp³-hybridized carbons (Fsp3) is 0.318. The maximum absolute atomic E-state index is 13.2. The molecule has 0 bridgehead atoms. The highest BCUT2D eigenvalue weighted by Crippen LogP contribution is 2.30. The van der Waals surface area contributed by atoms with Gasteiger partial charge in [0.2, 0.25) is 5.91 Å². The second kappa shape index (κ2) is 9.92. The van der Waals surface area contributed by atoms with Crippen molar-refractivity contribution >= 4 is 55.6 Å². The molecule has 1 saturated heterocycles. The van der Waals surface area contributed by atoms with Crippen molar-refractivity contribution < 1.29 is 19.2 Å². The highest BCUT2D eigenvalue weighted by atomic mass is 32.1. The fourth-order valence-electron chi connectivity index (χ4n) is 3.56. The standard InChI is InChI=1S/C22H23N5O5S/c1-2-3-20(28)25-22-24-17-6-4-14(12-19(17)33-22)23-21(29)16-13-15(27(30)31)5-7-18(16)26-8-10-32-11-9-26/h4-7,12-13H,2-3,8-11H2,1H3,(H,23,29)(H,24,25,28). The average molecular weight is 470 g/mol. The van der Waals surface area contributed by atoms with E-state index in [0.29, 0.717) is 54.7 Å². The Morgan fingerprint density at radius 1 is 1.18 bits per heavy atom. The number of fused-ring (bicyclic) bond motifs is 1. The van der Waals surface area contributed by atoms with Gasteiger partial charge in [0.25, 0.3) is 11.6 Å². The monoisotopic (exact) mass is 469 g/mol. The van der Waals surface area contributed by atoms with Crippen LogP contribution in [0.5, 0.6) is 0 Å². The first-order valence-corrected chi connectivity index (χ1v) is 11.4. The summed E-state index contributed by atoms with van der Waals surface area (Å²) in [5.74, 6) is -0.535. The molecule has 0 unspecified atom stereocenters. The van der Waals surface area contributed by atoms with E-state index >= 15 is 0 Å². The summed E-state index contributed by atoms with van der Waals surface area (Å²) < 4.78 is 6.18. The highest BCUT2D eigenvalue weighted by molar-refractivity contribution is 7.22. The molecule has 33 heavy (non-hydrogen) atoms. The minimum absolute atomic E-state index is 0.0913. The lowest BCUT2D eigenvalue weighted by atomic mass is 10.1. The van der Waals surface area contributed by atoms with Crippen LogP contribution in [0.1, 0.15) is 30.1 Å². The Bertz CT molecular complexity index is 1210. The van der Waals surface area contributed by atoms with Gasteiger partial charge in [-0.25, -0.2) is 4.98 Å². The van der Waals surface area contributed by atoms with Crippen LogP contribution in [0.2, 0.25) is 0 Å². The quantitative estimate of drug-likeness (QED) is 0.395. The second-order valence-corrected chi connectivity index (χ2v) is 8.54. The number of benzene rings is 2. The van der Waals surface area contributed by atoms with Gasteiger partial charge in [-0.15, -0.1) is 0 Å². The van der Waals surface area contributed by atoms with Crippen molar-refractivity contribution in [2.75, 3.05) is 41.8 Å². The summed E-state index contributed by atoms with van der Waals surface area (Å²) in [7, 11) is 0. The number of nitro benzene ring substituents is 1. The van der Waals surface area contributed by atoms with E-state index in [0.717, 1.165) is 11.1 Å². The third-order valence-electron chi connectivity index (χ3n) is 5.16. The van der Waals surface area contributed by atoms with Gasteiger partial charge < -0.3 is 20.3 Å². The molecule has 2 N–H and O–H groups in total. The Balaban J connectivity index is 1.58. The van der Waals surface area contributed by atoms with Gasteiger partial charge in [-0.1, -0.05) is 18.3 Å². The number of carbonyl (C=O) groups excluding carboxylic acids is 2. The van der Waals surface area contributed by atoms with Crippen LogP contribution in [-0.2, 0) is 9.53 Å². The molecule has 0 atom stereocenters. The van der Waals surface area contributed by atoms with Crippen molar-refractivity contribution in [1.29, 1.82) is 0 Å². The van der Waals surface area contributed by atoms with E-state index < -0.39 is 10.8 Å². The van der Waals surface area contributed by atoms with Crippen LogP contribution < -0.4 is 15.5 Å². The third kappa shape index (κ3) is 5.26. The summed E-state index contributed by atoms with van der Waals surface area (Å²) >= 11 is 1.31. The van der Waals surface area contributed by atoms with Crippen molar-refractivity contribution in [3.8, 4) is 0 Å². The maximum atomic E-state index is 13.2. The van der Waals surface area contributed by atoms with E-state index in [9.17, 15) is 19.7 Å². The predicted octanol–water partition coefficient (Wildman–Crippen LogP) is 4.03. The van der Waals surface area contributed by atoms with Gasteiger partial charge in [0.15, 0.2) is 5.13 Å². The molecule has 11 heteroatoms. The number of nitrogens with one attached hydrogen (secondary N) is 2. The topological polar surface area (TPSA) is 127 Å². The molecule has 10 nitrogen and oxygen atoms in total. The molecular formula is C22H23N5O5S. The van der Waals surface area contributed by atoms with Crippen molar-refractivity contribution in [1.82, 2.24) is 4.98 Å². The number of hydrogen-bond donors (Lipinski definition) is 2. The summed E-state index contributed by atoms with van der Waals surface area (Å²) in [6, 6.07) is 9.55. The summed E-state index contributed by atoms with van der Waals surface area (Å²) in [5.41, 5.74) is 1.93. The molecule has 0 radical (unpaired) electrons. The predicted molar refractivity (Wildman–Crippen MR) is 127 cm³/mol.